The molecule has 0 atom stereocenters. The minimum Gasteiger partial charge on any atom is -0.497 e. The van der Waals surface area contributed by atoms with E-state index in [4.69, 9.17) is 41.8 Å². The van der Waals surface area contributed by atoms with Gasteiger partial charge in [0, 0.05) is 27.9 Å². The summed E-state index contributed by atoms with van der Waals surface area (Å²) in [5, 5.41) is 10.9. The van der Waals surface area contributed by atoms with Crippen LogP contribution in [0.5, 0.6) is 17.2 Å². The molecule has 176 valence electrons. The lowest BCUT2D eigenvalue weighted by Gasteiger charge is -2.07. The van der Waals surface area contributed by atoms with Crippen molar-refractivity contribution in [1.29, 1.82) is 5.26 Å². The first kappa shape index (κ1) is 24.2. The number of hydrogen-bond acceptors (Lipinski definition) is 6. The molecule has 1 aromatic heterocycles. The molecule has 3 aromatic carbocycles. The first-order valence-corrected chi connectivity index (χ1v) is 11.2. The summed E-state index contributed by atoms with van der Waals surface area (Å²) >= 11 is 12.4. The van der Waals surface area contributed by atoms with Crippen molar-refractivity contribution in [2.45, 2.75) is 0 Å². The van der Waals surface area contributed by atoms with E-state index in [1.165, 1.54) is 13.3 Å². The molecule has 0 aliphatic carbocycles. The van der Waals surface area contributed by atoms with Crippen molar-refractivity contribution < 1.29 is 18.6 Å². The zero-order valence-electron chi connectivity index (χ0n) is 19.1. The quantitative estimate of drug-likeness (QED) is 0.241. The predicted molar refractivity (Wildman–Crippen MR) is 138 cm³/mol. The van der Waals surface area contributed by atoms with Crippen molar-refractivity contribution in [2.24, 2.45) is 4.99 Å². The second-order valence-corrected chi connectivity index (χ2v) is 8.17. The molecule has 1 heterocycles. The minimum absolute atomic E-state index is 0.141. The van der Waals surface area contributed by atoms with Crippen molar-refractivity contribution in [3.05, 3.63) is 81.8 Å². The summed E-state index contributed by atoms with van der Waals surface area (Å²) in [7, 11) is 4.70. The average molecular weight is 507 g/mol. The Morgan fingerprint density at radius 1 is 0.857 bits per heavy atom. The summed E-state index contributed by atoms with van der Waals surface area (Å²) in [6, 6.07) is 20.2. The molecular weight excluding hydrogens is 487 g/mol. The number of halogens is 2. The van der Waals surface area contributed by atoms with E-state index < -0.39 is 0 Å². The van der Waals surface area contributed by atoms with Gasteiger partial charge in [0.15, 0.2) is 0 Å². The number of rotatable bonds is 7. The molecule has 0 aliphatic rings. The first-order valence-electron chi connectivity index (χ1n) is 10.4. The topological polar surface area (TPSA) is 77.0 Å². The third-order valence-electron chi connectivity index (χ3n) is 5.29. The summed E-state index contributed by atoms with van der Waals surface area (Å²) in [5.41, 5.74) is 2.98. The normalized spacial score (nSPS) is 10.9. The molecule has 0 spiro atoms. The number of furan rings is 1. The maximum atomic E-state index is 10.1. The van der Waals surface area contributed by atoms with Crippen LogP contribution in [0.4, 0.5) is 5.88 Å². The summed E-state index contributed by atoms with van der Waals surface area (Å²) in [5.74, 6) is 2.45. The number of benzene rings is 3. The van der Waals surface area contributed by atoms with Gasteiger partial charge < -0.3 is 18.6 Å². The smallest absolute Gasteiger partial charge is 0.238 e. The molecule has 0 radical (unpaired) electrons. The second-order valence-electron chi connectivity index (χ2n) is 7.32. The molecule has 0 amide bonds. The number of ether oxygens (including phenoxy) is 3. The van der Waals surface area contributed by atoms with E-state index in [2.05, 4.69) is 11.1 Å². The van der Waals surface area contributed by atoms with E-state index in [0.717, 1.165) is 11.1 Å². The Hall–Kier alpha value is -3.92. The van der Waals surface area contributed by atoms with Crippen LogP contribution in [0.3, 0.4) is 0 Å². The van der Waals surface area contributed by atoms with Gasteiger partial charge in [-0.15, -0.1) is 0 Å². The summed E-state index contributed by atoms with van der Waals surface area (Å²) in [6.45, 7) is 0. The van der Waals surface area contributed by atoms with Crippen LogP contribution in [0.15, 0.2) is 70.1 Å². The van der Waals surface area contributed by atoms with Crippen LogP contribution in [0.1, 0.15) is 11.1 Å². The fourth-order valence-corrected chi connectivity index (χ4v) is 4.20. The highest BCUT2D eigenvalue weighted by Crippen LogP contribution is 2.43. The molecule has 0 saturated heterocycles. The maximum Gasteiger partial charge on any atom is 0.238 e. The van der Waals surface area contributed by atoms with Crippen LogP contribution in [-0.4, -0.2) is 27.5 Å². The van der Waals surface area contributed by atoms with Crippen LogP contribution in [0, 0.1) is 11.3 Å². The van der Waals surface area contributed by atoms with Crippen LogP contribution in [0.2, 0.25) is 10.0 Å². The van der Waals surface area contributed by atoms with Gasteiger partial charge in [-0.05, 0) is 54.1 Å². The van der Waals surface area contributed by atoms with E-state index in [1.54, 1.807) is 26.4 Å². The highest BCUT2D eigenvalue weighted by atomic mass is 35.5. The van der Waals surface area contributed by atoms with Crippen LogP contribution in [-0.2, 0) is 0 Å². The number of methoxy groups -OCH3 is 3. The lowest BCUT2D eigenvalue weighted by molar-refractivity contribution is 0.414. The fourth-order valence-electron chi connectivity index (χ4n) is 3.61. The van der Waals surface area contributed by atoms with E-state index >= 15 is 0 Å². The second kappa shape index (κ2) is 10.6. The molecule has 6 nitrogen and oxygen atoms in total. The Bertz CT molecular complexity index is 1420. The van der Waals surface area contributed by atoms with Gasteiger partial charge in [0.05, 0.1) is 26.4 Å². The van der Waals surface area contributed by atoms with Gasteiger partial charge in [-0.2, -0.15) is 5.26 Å². The maximum absolute atomic E-state index is 10.1. The van der Waals surface area contributed by atoms with Gasteiger partial charge in [-0.3, -0.25) is 0 Å². The van der Waals surface area contributed by atoms with E-state index in [0.29, 0.717) is 44.2 Å². The van der Waals surface area contributed by atoms with Gasteiger partial charge in [0.25, 0.3) is 0 Å². The van der Waals surface area contributed by atoms with Gasteiger partial charge in [0.1, 0.15) is 34.6 Å². The van der Waals surface area contributed by atoms with Crippen LogP contribution in [0.25, 0.3) is 22.5 Å². The highest BCUT2D eigenvalue weighted by Gasteiger charge is 2.23. The summed E-state index contributed by atoms with van der Waals surface area (Å²) in [4.78, 5) is 4.48. The van der Waals surface area contributed by atoms with Gasteiger partial charge in [-0.25, -0.2) is 4.99 Å². The lowest BCUT2D eigenvalue weighted by Crippen LogP contribution is -1.92. The number of nitriles is 1. The molecule has 0 aliphatic heterocycles. The van der Waals surface area contributed by atoms with Crippen LogP contribution >= 0.6 is 23.2 Å². The highest BCUT2D eigenvalue weighted by molar-refractivity contribution is 6.36. The minimum atomic E-state index is 0.141. The molecule has 0 N–H and O–H groups in total. The molecule has 35 heavy (non-hydrogen) atoms. The standard InChI is InChI=1S/C27H20Cl2N2O4/c1-32-20-8-4-16(5-9-20)24-22(14-30)27(35-26(24)17-6-10-21(33-2)11-7-17)31-15-18-12-19(28)13-23(29)25(18)34-3/h4-13,15H,1-3H3/b31-15+. The zero-order valence-corrected chi connectivity index (χ0v) is 20.6. The zero-order chi connectivity index (χ0) is 24.9. The molecular formula is C27H20Cl2N2O4. The summed E-state index contributed by atoms with van der Waals surface area (Å²) < 4.78 is 22.1. The van der Waals surface area contributed by atoms with E-state index in [-0.39, 0.29) is 11.4 Å². The number of hydrogen-bond donors (Lipinski definition) is 0. The first-order chi connectivity index (χ1) is 17.0. The molecule has 0 fully saturated rings. The summed E-state index contributed by atoms with van der Waals surface area (Å²) in [6.07, 6.45) is 1.51. The molecule has 0 saturated carbocycles. The van der Waals surface area contributed by atoms with Gasteiger partial charge >= 0.3 is 0 Å². The Morgan fingerprint density at radius 2 is 1.46 bits per heavy atom. The van der Waals surface area contributed by atoms with E-state index in [1.807, 2.05) is 48.5 Å². The Labute approximate surface area is 212 Å². The van der Waals surface area contributed by atoms with E-state index in [9.17, 15) is 5.26 Å². The van der Waals surface area contributed by atoms with Crippen molar-refractivity contribution >= 4 is 35.3 Å². The molecule has 0 bridgehead atoms. The third-order valence-corrected chi connectivity index (χ3v) is 5.79. The predicted octanol–water partition coefficient (Wildman–Crippen LogP) is 7.57. The Balaban J connectivity index is 1.89. The molecule has 8 heteroatoms. The fraction of sp³-hybridized carbons (Fsp3) is 0.111. The number of aliphatic imine (C=N–C) groups is 1. The average Bonchev–Trinajstić information content (AvgIpc) is 3.25. The molecule has 0 unspecified atom stereocenters. The molecule has 4 aromatic rings. The van der Waals surface area contributed by atoms with Gasteiger partial charge in [-0.1, -0.05) is 35.3 Å². The largest absolute Gasteiger partial charge is 0.497 e. The van der Waals surface area contributed by atoms with Crippen LogP contribution < -0.4 is 14.2 Å². The van der Waals surface area contributed by atoms with Crippen molar-refractivity contribution in [3.8, 4) is 45.8 Å². The van der Waals surface area contributed by atoms with Crippen molar-refractivity contribution in [2.75, 3.05) is 21.3 Å². The lowest BCUT2D eigenvalue weighted by atomic mass is 9.98. The third kappa shape index (κ3) is 4.97. The monoisotopic (exact) mass is 506 g/mol. The SMILES string of the molecule is COc1ccc(-c2oc(/N=C/c3cc(Cl)cc(Cl)c3OC)c(C#N)c2-c2ccc(OC)cc2)cc1. The Kier molecular flexibility index (Phi) is 7.31. The van der Waals surface area contributed by atoms with Gasteiger partial charge in [0.2, 0.25) is 5.88 Å². The van der Waals surface area contributed by atoms with Crippen molar-refractivity contribution in [1.82, 2.24) is 0 Å². The number of nitrogens with zero attached hydrogens (tertiary/aromatic N) is 2. The Morgan fingerprint density at radius 3 is 2.00 bits per heavy atom. The molecule has 4 rings (SSSR count). The van der Waals surface area contributed by atoms with Crippen molar-refractivity contribution in [3.63, 3.8) is 0 Å².